The number of benzene rings is 2. The Hall–Kier alpha value is -3.53. The number of sulfonamides is 1. The summed E-state index contributed by atoms with van der Waals surface area (Å²) in [4.78, 5) is 4.16. The lowest BCUT2D eigenvalue weighted by molar-refractivity contribution is 0.425. The van der Waals surface area contributed by atoms with Crippen molar-refractivity contribution in [2.45, 2.75) is 6.54 Å². The molecule has 0 aliphatic carbocycles. The maximum atomic E-state index is 13.4. The fraction of sp³-hybridized carbons (Fsp3) is 0.150. The number of rotatable bonds is 4. The molecule has 0 atom stereocenters. The van der Waals surface area contributed by atoms with Crippen molar-refractivity contribution in [3.8, 4) is 11.6 Å². The van der Waals surface area contributed by atoms with Crippen LogP contribution in [0.5, 0.6) is 11.6 Å². The molecule has 30 heavy (non-hydrogen) atoms. The second kappa shape index (κ2) is 6.77. The molecule has 0 aliphatic rings. The normalized spacial score (nSPS) is 12.0. The lowest BCUT2D eigenvalue weighted by atomic mass is 10.1. The van der Waals surface area contributed by atoms with E-state index >= 15 is 0 Å². The van der Waals surface area contributed by atoms with Crippen molar-refractivity contribution in [2.24, 2.45) is 0 Å². The molecular weight excluding hydrogens is 411 g/mol. The molecule has 0 amide bonds. The second-order valence-corrected chi connectivity index (χ2v) is 9.05. The van der Waals surface area contributed by atoms with Crippen molar-refractivity contribution in [2.75, 3.05) is 23.3 Å². The Bertz CT molecular complexity index is 1420. The number of phenolic OH excluding ortho intramolecular Hbond substituents is 1. The zero-order chi connectivity index (χ0) is 21.8. The minimum atomic E-state index is -3.65. The summed E-state index contributed by atoms with van der Waals surface area (Å²) >= 11 is 0. The van der Waals surface area contributed by atoms with Crippen LogP contribution >= 0.6 is 0 Å². The van der Waals surface area contributed by atoms with Gasteiger partial charge in [0.2, 0.25) is 15.9 Å². The van der Waals surface area contributed by atoms with Crippen LogP contribution in [0.2, 0.25) is 0 Å². The van der Waals surface area contributed by atoms with Gasteiger partial charge in [-0.25, -0.2) is 12.8 Å². The number of anilines is 2. The molecule has 0 aliphatic heterocycles. The number of nitrogen functional groups attached to an aromatic ring is 1. The summed E-state index contributed by atoms with van der Waals surface area (Å²) in [6.07, 6.45) is 4.05. The van der Waals surface area contributed by atoms with Crippen LogP contribution in [-0.2, 0) is 16.6 Å². The van der Waals surface area contributed by atoms with E-state index in [1.54, 1.807) is 12.1 Å². The van der Waals surface area contributed by atoms with Gasteiger partial charge in [-0.3, -0.25) is 9.29 Å². The zero-order valence-corrected chi connectivity index (χ0v) is 17.0. The molecule has 0 spiro atoms. The number of aromatic nitrogens is 2. The van der Waals surface area contributed by atoms with Gasteiger partial charge in [-0.05, 0) is 29.8 Å². The zero-order valence-electron chi connectivity index (χ0n) is 16.2. The van der Waals surface area contributed by atoms with E-state index in [1.807, 2.05) is 0 Å². The van der Waals surface area contributed by atoms with Crippen molar-refractivity contribution in [3.63, 3.8) is 0 Å². The predicted molar refractivity (Wildman–Crippen MR) is 114 cm³/mol. The summed E-state index contributed by atoms with van der Waals surface area (Å²) in [5, 5.41) is 22.4. The Labute approximate surface area is 171 Å². The number of fused-ring (bicyclic) bond motifs is 2. The molecular formula is C20H19FN4O4S. The van der Waals surface area contributed by atoms with Gasteiger partial charge in [-0.1, -0.05) is 6.07 Å². The average molecular weight is 430 g/mol. The van der Waals surface area contributed by atoms with E-state index < -0.39 is 15.8 Å². The maximum Gasteiger partial charge on any atom is 0.232 e. The Morgan fingerprint density at radius 2 is 1.97 bits per heavy atom. The van der Waals surface area contributed by atoms with Crippen LogP contribution < -0.4 is 10.0 Å². The van der Waals surface area contributed by atoms with Crippen LogP contribution in [-0.4, -0.2) is 41.5 Å². The van der Waals surface area contributed by atoms with Crippen LogP contribution in [0.25, 0.3) is 21.7 Å². The number of hydrogen-bond donors (Lipinski definition) is 3. The Balaban J connectivity index is 2.04. The Morgan fingerprint density at radius 3 is 2.63 bits per heavy atom. The highest BCUT2D eigenvalue weighted by Crippen LogP contribution is 2.46. The standard InChI is InChI=1S/C20H19FN4O4S/c1-24(30(2,28)29)18-13-4-3-7-23-17(13)19(26)16-14(18)10-25(20(16)27)9-11-5-6-12(21)8-15(11)22/h3-8,10,26-27H,9,22H2,1-2H3. The van der Waals surface area contributed by atoms with Crippen molar-refractivity contribution >= 4 is 43.1 Å². The molecule has 0 saturated heterocycles. The first-order valence-corrected chi connectivity index (χ1v) is 10.7. The second-order valence-electron chi connectivity index (χ2n) is 7.04. The number of pyridine rings is 1. The first-order valence-electron chi connectivity index (χ1n) is 8.89. The fourth-order valence-corrected chi connectivity index (χ4v) is 4.05. The molecule has 2 aromatic heterocycles. The highest BCUT2D eigenvalue weighted by Gasteiger charge is 2.26. The largest absolute Gasteiger partial charge is 0.505 e. The molecule has 4 N–H and O–H groups in total. The molecule has 0 bridgehead atoms. The SMILES string of the molecule is CN(c1c2cccnc2c(O)c2c(O)n(Cc3ccc(F)cc3N)cc12)S(C)(=O)=O. The van der Waals surface area contributed by atoms with Gasteiger partial charge in [0.1, 0.15) is 11.3 Å². The van der Waals surface area contributed by atoms with Gasteiger partial charge in [-0.2, -0.15) is 0 Å². The third kappa shape index (κ3) is 3.05. The van der Waals surface area contributed by atoms with Gasteiger partial charge in [0.25, 0.3) is 0 Å². The van der Waals surface area contributed by atoms with Crippen LogP contribution in [0.3, 0.4) is 0 Å². The van der Waals surface area contributed by atoms with E-state index in [2.05, 4.69) is 4.98 Å². The topological polar surface area (TPSA) is 122 Å². The Kier molecular flexibility index (Phi) is 4.46. The summed E-state index contributed by atoms with van der Waals surface area (Å²) in [5.41, 5.74) is 7.06. The summed E-state index contributed by atoms with van der Waals surface area (Å²) < 4.78 is 40.4. The number of nitrogens with zero attached hydrogens (tertiary/aromatic N) is 3. The van der Waals surface area contributed by atoms with Crippen LogP contribution in [0.4, 0.5) is 15.8 Å². The molecule has 156 valence electrons. The molecule has 4 aromatic rings. The quantitative estimate of drug-likeness (QED) is 0.428. The minimum Gasteiger partial charge on any atom is -0.505 e. The highest BCUT2D eigenvalue weighted by atomic mass is 32.2. The lowest BCUT2D eigenvalue weighted by Gasteiger charge is -2.20. The van der Waals surface area contributed by atoms with Crippen molar-refractivity contribution in [3.05, 3.63) is 54.1 Å². The van der Waals surface area contributed by atoms with E-state index in [0.29, 0.717) is 16.3 Å². The average Bonchev–Trinajstić information content (AvgIpc) is 3.00. The smallest absolute Gasteiger partial charge is 0.232 e. The molecule has 8 nitrogen and oxygen atoms in total. The number of aromatic hydroxyl groups is 2. The fourth-order valence-electron chi connectivity index (χ4n) is 3.53. The number of halogens is 1. The van der Waals surface area contributed by atoms with Gasteiger partial charge in [0.15, 0.2) is 5.75 Å². The number of nitrogens with two attached hydrogens (primary N) is 1. The van der Waals surface area contributed by atoms with Crippen LogP contribution in [0.15, 0.2) is 42.7 Å². The first-order chi connectivity index (χ1) is 14.1. The maximum absolute atomic E-state index is 13.4. The lowest BCUT2D eigenvalue weighted by Crippen LogP contribution is -2.25. The van der Waals surface area contributed by atoms with Crippen LogP contribution in [0, 0.1) is 5.82 Å². The predicted octanol–water partition coefficient (Wildman–Crippen LogP) is 2.77. The summed E-state index contributed by atoms with van der Waals surface area (Å²) in [6.45, 7) is 0.0812. The van der Waals surface area contributed by atoms with E-state index in [4.69, 9.17) is 5.73 Å². The highest BCUT2D eigenvalue weighted by molar-refractivity contribution is 7.92. The minimum absolute atomic E-state index is 0.0624. The summed E-state index contributed by atoms with van der Waals surface area (Å²) in [6, 6.07) is 7.20. The van der Waals surface area contributed by atoms with E-state index in [1.165, 1.54) is 42.2 Å². The molecule has 0 radical (unpaired) electrons. The first kappa shape index (κ1) is 19.8. The van der Waals surface area contributed by atoms with Gasteiger partial charge in [-0.15, -0.1) is 0 Å². The monoisotopic (exact) mass is 430 g/mol. The summed E-state index contributed by atoms with van der Waals surface area (Å²) in [7, 11) is -2.27. The third-order valence-electron chi connectivity index (χ3n) is 5.09. The van der Waals surface area contributed by atoms with Gasteiger partial charge < -0.3 is 20.5 Å². The number of hydrogen-bond acceptors (Lipinski definition) is 6. The van der Waals surface area contributed by atoms with Gasteiger partial charge in [0, 0.05) is 35.9 Å². The van der Waals surface area contributed by atoms with Crippen molar-refractivity contribution in [1.82, 2.24) is 9.55 Å². The van der Waals surface area contributed by atoms with E-state index in [9.17, 15) is 23.0 Å². The molecule has 2 aromatic carbocycles. The molecule has 0 fully saturated rings. The van der Waals surface area contributed by atoms with Gasteiger partial charge in [0.05, 0.1) is 23.9 Å². The van der Waals surface area contributed by atoms with E-state index in [-0.39, 0.29) is 40.5 Å². The third-order valence-corrected chi connectivity index (χ3v) is 6.27. The van der Waals surface area contributed by atoms with Gasteiger partial charge >= 0.3 is 0 Å². The van der Waals surface area contributed by atoms with Crippen LogP contribution in [0.1, 0.15) is 5.56 Å². The Morgan fingerprint density at radius 1 is 1.23 bits per heavy atom. The molecule has 10 heteroatoms. The molecule has 0 saturated carbocycles. The summed E-state index contributed by atoms with van der Waals surface area (Å²) in [5.74, 6) is -1.04. The molecule has 4 rings (SSSR count). The molecule has 0 unspecified atom stereocenters. The number of phenols is 1. The molecule has 2 heterocycles. The van der Waals surface area contributed by atoms with Crippen molar-refractivity contribution < 1.29 is 23.0 Å². The van der Waals surface area contributed by atoms with E-state index in [0.717, 1.165) is 10.6 Å². The van der Waals surface area contributed by atoms with Crippen molar-refractivity contribution in [1.29, 1.82) is 0 Å².